The fourth-order valence-electron chi connectivity index (χ4n) is 4.70. The number of carbonyl (C=O) groups excluding carboxylic acids is 1. The standard InChI is InChI=1S/C33H35F2N3O4S/c1-3-23-8-7-9-24(16-23)21-36-22-32(39)31(19-25-17-27(34)20-28(35)18-25)37-33(40)26-12-14-30(15-13-26)43(41,42)38(2)29-10-5-4-6-11-29/h4-18,20,31-32,36,39H,3,19,21-22H2,1-2H3,(H,37,40)/t31-,32+/m0/s1. The number of nitrogens with one attached hydrogen (secondary N) is 2. The van der Waals surface area contributed by atoms with Gasteiger partial charge in [-0.25, -0.2) is 17.2 Å². The van der Waals surface area contributed by atoms with Crippen molar-refractivity contribution in [2.24, 2.45) is 0 Å². The number of aliphatic hydroxyl groups excluding tert-OH is 1. The highest BCUT2D eigenvalue weighted by Crippen LogP contribution is 2.22. The Morgan fingerprint density at radius 2 is 1.51 bits per heavy atom. The van der Waals surface area contributed by atoms with Gasteiger partial charge in [0.25, 0.3) is 15.9 Å². The van der Waals surface area contributed by atoms with Crippen molar-refractivity contribution in [2.45, 2.75) is 43.4 Å². The Morgan fingerprint density at radius 1 is 0.860 bits per heavy atom. The van der Waals surface area contributed by atoms with E-state index in [0.717, 1.165) is 34.5 Å². The number of aryl methyl sites for hydroxylation is 1. The summed E-state index contributed by atoms with van der Waals surface area (Å²) in [5, 5.41) is 17.0. The molecular formula is C33H35F2N3O4S. The lowest BCUT2D eigenvalue weighted by Crippen LogP contribution is -2.48. The maximum Gasteiger partial charge on any atom is 0.264 e. The zero-order valence-corrected chi connectivity index (χ0v) is 24.8. The topological polar surface area (TPSA) is 98.7 Å². The molecule has 4 rings (SSSR count). The molecule has 0 radical (unpaired) electrons. The molecule has 4 aromatic carbocycles. The fraction of sp³-hybridized carbons (Fsp3) is 0.242. The molecule has 43 heavy (non-hydrogen) atoms. The number of para-hydroxylation sites is 1. The third-order valence-electron chi connectivity index (χ3n) is 7.14. The van der Waals surface area contributed by atoms with Crippen molar-refractivity contribution in [2.75, 3.05) is 17.9 Å². The first-order chi connectivity index (χ1) is 20.6. The highest BCUT2D eigenvalue weighted by Gasteiger charge is 2.25. The second kappa shape index (κ2) is 14.4. The predicted molar refractivity (Wildman–Crippen MR) is 163 cm³/mol. The number of benzene rings is 4. The summed E-state index contributed by atoms with van der Waals surface area (Å²) in [6, 6.07) is 24.2. The first-order valence-electron chi connectivity index (χ1n) is 13.9. The van der Waals surface area contributed by atoms with Gasteiger partial charge in [-0.3, -0.25) is 9.10 Å². The van der Waals surface area contributed by atoms with Crippen molar-refractivity contribution in [1.29, 1.82) is 0 Å². The Morgan fingerprint density at radius 3 is 2.16 bits per heavy atom. The summed E-state index contributed by atoms with van der Waals surface area (Å²) >= 11 is 0. The molecule has 7 nitrogen and oxygen atoms in total. The lowest BCUT2D eigenvalue weighted by molar-refractivity contribution is 0.0829. The van der Waals surface area contributed by atoms with Crippen molar-refractivity contribution >= 4 is 21.6 Å². The van der Waals surface area contributed by atoms with Crippen LogP contribution in [0.5, 0.6) is 0 Å². The molecule has 1 amide bonds. The van der Waals surface area contributed by atoms with Crippen LogP contribution in [0.25, 0.3) is 0 Å². The van der Waals surface area contributed by atoms with E-state index in [1.807, 2.05) is 18.2 Å². The molecule has 0 aliphatic carbocycles. The number of rotatable bonds is 13. The fourth-order valence-corrected chi connectivity index (χ4v) is 5.89. The van der Waals surface area contributed by atoms with Crippen LogP contribution in [0.4, 0.5) is 14.5 Å². The minimum atomic E-state index is -3.88. The molecule has 0 saturated carbocycles. The SMILES string of the molecule is CCc1cccc(CNC[C@@H](O)[C@H](Cc2cc(F)cc(F)c2)NC(=O)c2ccc(S(=O)(=O)N(C)c3ccccc3)cc2)c1. The number of hydrogen-bond acceptors (Lipinski definition) is 5. The molecule has 0 saturated heterocycles. The van der Waals surface area contributed by atoms with Crippen molar-refractivity contribution < 1.29 is 27.1 Å². The second-order valence-electron chi connectivity index (χ2n) is 10.3. The van der Waals surface area contributed by atoms with Gasteiger partial charge in [-0.1, -0.05) is 49.4 Å². The summed E-state index contributed by atoms with van der Waals surface area (Å²) in [6.07, 6.45) is -0.252. The zero-order valence-electron chi connectivity index (χ0n) is 24.0. The first kappa shape index (κ1) is 31.8. The van der Waals surface area contributed by atoms with Gasteiger partial charge < -0.3 is 15.7 Å². The van der Waals surface area contributed by atoms with E-state index in [0.29, 0.717) is 12.2 Å². The zero-order chi connectivity index (χ0) is 31.0. The largest absolute Gasteiger partial charge is 0.390 e. The van der Waals surface area contributed by atoms with Gasteiger partial charge in [-0.15, -0.1) is 0 Å². The number of nitrogens with zero attached hydrogens (tertiary/aromatic N) is 1. The normalized spacial score (nSPS) is 12.9. The maximum absolute atomic E-state index is 13.9. The smallest absolute Gasteiger partial charge is 0.264 e. The van der Waals surface area contributed by atoms with Crippen LogP contribution in [0.15, 0.2) is 102 Å². The highest BCUT2D eigenvalue weighted by atomic mass is 32.2. The number of carbonyl (C=O) groups is 1. The van der Waals surface area contributed by atoms with E-state index in [1.165, 1.54) is 36.9 Å². The summed E-state index contributed by atoms with van der Waals surface area (Å²) in [6.45, 7) is 2.64. The van der Waals surface area contributed by atoms with E-state index in [4.69, 9.17) is 0 Å². The number of halogens is 2. The van der Waals surface area contributed by atoms with Crippen LogP contribution in [-0.4, -0.2) is 45.2 Å². The molecule has 0 unspecified atom stereocenters. The van der Waals surface area contributed by atoms with Gasteiger partial charge in [0, 0.05) is 31.8 Å². The Labute approximate surface area is 251 Å². The molecule has 0 aliphatic heterocycles. The molecule has 3 N–H and O–H groups in total. The van der Waals surface area contributed by atoms with E-state index in [-0.39, 0.29) is 29.0 Å². The minimum absolute atomic E-state index is 0.00133. The third-order valence-corrected chi connectivity index (χ3v) is 8.94. The van der Waals surface area contributed by atoms with Crippen LogP contribution in [0.2, 0.25) is 0 Å². The van der Waals surface area contributed by atoms with Crippen LogP contribution in [-0.2, 0) is 29.4 Å². The monoisotopic (exact) mass is 607 g/mol. The maximum atomic E-state index is 13.9. The lowest BCUT2D eigenvalue weighted by atomic mass is 10.00. The third kappa shape index (κ3) is 8.47. The average Bonchev–Trinajstić information content (AvgIpc) is 3.00. The van der Waals surface area contributed by atoms with E-state index in [1.54, 1.807) is 30.3 Å². The molecule has 0 aliphatic rings. The number of aliphatic hydroxyl groups is 1. The Hall–Kier alpha value is -4.12. The summed E-state index contributed by atoms with van der Waals surface area (Å²) < 4.78 is 55.2. The molecule has 0 spiro atoms. The van der Waals surface area contributed by atoms with Crippen LogP contribution in [0.3, 0.4) is 0 Å². The number of anilines is 1. The molecule has 0 heterocycles. The number of hydrogen-bond donors (Lipinski definition) is 3. The van der Waals surface area contributed by atoms with Crippen molar-refractivity contribution in [3.8, 4) is 0 Å². The Bertz CT molecular complexity index is 1610. The van der Waals surface area contributed by atoms with Crippen LogP contribution < -0.4 is 14.9 Å². The van der Waals surface area contributed by atoms with Crippen molar-refractivity contribution in [3.05, 3.63) is 131 Å². The Kier molecular flexibility index (Phi) is 10.6. The summed E-state index contributed by atoms with van der Waals surface area (Å²) in [5.74, 6) is -2.10. The predicted octanol–water partition coefficient (Wildman–Crippen LogP) is 4.84. The average molecular weight is 608 g/mol. The molecule has 0 bridgehead atoms. The quantitative estimate of drug-likeness (QED) is 0.202. The van der Waals surface area contributed by atoms with E-state index < -0.39 is 39.7 Å². The molecule has 4 aromatic rings. The highest BCUT2D eigenvalue weighted by molar-refractivity contribution is 7.92. The molecule has 0 aromatic heterocycles. The molecular weight excluding hydrogens is 572 g/mol. The Balaban J connectivity index is 1.48. The summed E-state index contributed by atoms with van der Waals surface area (Å²) in [4.78, 5) is 13.2. The second-order valence-corrected chi connectivity index (χ2v) is 12.2. The van der Waals surface area contributed by atoms with Gasteiger partial charge in [0.15, 0.2) is 0 Å². The van der Waals surface area contributed by atoms with Crippen LogP contribution >= 0.6 is 0 Å². The molecule has 10 heteroatoms. The molecule has 0 fully saturated rings. The van der Waals surface area contributed by atoms with E-state index >= 15 is 0 Å². The van der Waals surface area contributed by atoms with Crippen LogP contribution in [0.1, 0.15) is 34.0 Å². The van der Waals surface area contributed by atoms with Crippen molar-refractivity contribution in [3.63, 3.8) is 0 Å². The van der Waals surface area contributed by atoms with Gasteiger partial charge in [0.05, 0.1) is 22.7 Å². The minimum Gasteiger partial charge on any atom is -0.390 e. The summed E-state index contributed by atoms with van der Waals surface area (Å²) in [5.41, 5.74) is 3.13. The van der Waals surface area contributed by atoms with Gasteiger partial charge in [0.2, 0.25) is 0 Å². The lowest BCUT2D eigenvalue weighted by Gasteiger charge is -2.25. The van der Waals surface area contributed by atoms with Gasteiger partial charge >= 0.3 is 0 Å². The van der Waals surface area contributed by atoms with Crippen molar-refractivity contribution in [1.82, 2.24) is 10.6 Å². The first-order valence-corrected chi connectivity index (χ1v) is 15.4. The number of amides is 1. The van der Waals surface area contributed by atoms with Gasteiger partial charge in [-0.2, -0.15) is 0 Å². The van der Waals surface area contributed by atoms with Gasteiger partial charge in [0.1, 0.15) is 11.6 Å². The number of sulfonamides is 1. The molecule has 226 valence electrons. The van der Waals surface area contributed by atoms with Crippen LogP contribution in [0, 0.1) is 11.6 Å². The van der Waals surface area contributed by atoms with E-state index in [9.17, 15) is 27.1 Å². The van der Waals surface area contributed by atoms with Gasteiger partial charge in [-0.05, 0) is 78.1 Å². The summed E-state index contributed by atoms with van der Waals surface area (Å²) in [7, 11) is -2.43. The van der Waals surface area contributed by atoms with E-state index in [2.05, 4.69) is 23.6 Å². The molecule has 2 atom stereocenters.